The lowest BCUT2D eigenvalue weighted by molar-refractivity contribution is -0.0447. The second-order valence-electron chi connectivity index (χ2n) is 4.86. The van der Waals surface area contributed by atoms with Crippen LogP contribution in [-0.4, -0.2) is 38.6 Å². The molecule has 8 heteroatoms. The van der Waals surface area contributed by atoms with Crippen molar-refractivity contribution in [3.63, 3.8) is 0 Å². The predicted molar refractivity (Wildman–Crippen MR) is 82.2 cm³/mol. The van der Waals surface area contributed by atoms with Gasteiger partial charge >= 0.3 is 5.69 Å². The van der Waals surface area contributed by atoms with Gasteiger partial charge in [-0.3, -0.25) is 4.57 Å². The highest BCUT2D eigenvalue weighted by molar-refractivity contribution is 7.10. The molecule has 3 heterocycles. The number of thiophene rings is 1. The SMILES string of the molecule is Nc1ccn([C@@H]2O[C@H](CO)[C@@H](O)C2=Cc2cccs2)c(=O)n1. The molecule has 0 spiro atoms. The minimum Gasteiger partial charge on any atom is -0.394 e. The summed E-state index contributed by atoms with van der Waals surface area (Å²) in [5, 5.41) is 21.5. The first-order valence-electron chi connectivity index (χ1n) is 6.64. The first-order chi connectivity index (χ1) is 10.6. The maximum absolute atomic E-state index is 12.0. The van der Waals surface area contributed by atoms with Crippen LogP contribution in [0.4, 0.5) is 5.82 Å². The van der Waals surface area contributed by atoms with E-state index in [1.165, 1.54) is 28.2 Å². The smallest absolute Gasteiger partial charge is 0.351 e. The summed E-state index contributed by atoms with van der Waals surface area (Å²) in [5.74, 6) is 0.113. The topological polar surface area (TPSA) is 111 Å². The van der Waals surface area contributed by atoms with Crippen molar-refractivity contribution in [3.05, 3.63) is 50.7 Å². The first-order valence-corrected chi connectivity index (χ1v) is 7.52. The van der Waals surface area contributed by atoms with Crippen molar-refractivity contribution >= 4 is 23.2 Å². The third-order valence-electron chi connectivity index (χ3n) is 3.42. The Morgan fingerprint density at radius 1 is 1.50 bits per heavy atom. The van der Waals surface area contributed by atoms with Crippen molar-refractivity contribution in [3.8, 4) is 0 Å². The van der Waals surface area contributed by atoms with E-state index in [1.807, 2.05) is 17.5 Å². The summed E-state index contributed by atoms with van der Waals surface area (Å²) in [6.07, 6.45) is 0.611. The number of rotatable bonds is 3. The number of nitrogen functional groups attached to an aromatic ring is 1. The summed E-state index contributed by atoms with van der Waals surface area (Å²) in [5.41, 5.74) is 5.40. The summed E-state index contributed by atoms with van der Waals surface area (Å²) in [4.78, 5) is 16.6. The van der Waals surface area contributed by atoms with Crippen LogP contribution >= 0.6 is 11.3 Å². The maximum atomic E-state index is 12.0. The first kappa shape index (κ1) is 14.9. The number of aliphatic hydroxyl groups is 2. The van der Waals surface area contributed by atoms with Crippen LogP contribution in [0.2, 0.25) is 0 Å². The average Bonchev–Trinajstić information content (AvgIpc) is 3.10. The second kappa shape index (κ2) is 6.01. The van der Waals surface area contributed by atoms with E-state index in [-0.39, 0.29) is 12.4 Å². The van der Waals surface area contributed by atoms with Gasteiger partial charge in [0.1, 0.15) is 18.0 Å². The number of aliphatic hydroxyl groups excluding tert-OH is 2. The van der Waals surface area contributed by atoms with E-state index in [1.54, 1.807) is 6.08 Å². The Balaban J connectivity index is 2.05. The zero-order chi connectivity index (χ0) is 15.7. The van der Waals surface area contributed by atoms with Gasteiger partial charge in [0.15, 0.2) is 6.23 Å². The second-order valence-corrected chi connectivity index (χ2v) is 5.84. The average molecular weight is 321 g/mol. The van der Waals surface area contributed by atoms with E-state index >= 15 is 0 Å². The van der Waals surface area contributed by atoms with Crippen molar-refractivity contribution < 1.29 is 14.9 Å². The molecule has 116 valence electrons. The standard InChI is InChI=1S/C14H15N3O4S/c15-11-3-4-17(14(20)16-11)13-9(6-8-2-1-5-22-8)12(19)10(7-18)21-13/h1-6,10,12-13,18-19H,7H2,(H2,15,16,20)/t10-,12+,13-/m1/s1. The van der Waals surface area contributed by atoms with Crippen LogP contribution in [0.25, 0.3) is 6.08 Å². The van der Waals surface area contributed by atoms with Gasteiger partial charge in [0.05, 0.1) is 6.61 Å². The van der Waals surface area contributed by atoms with Crippen LogP contribution in [0.5, 0.6) is 0 Å². The molecule has 1 aliphatic rings. The van der Waals surface area contributed by atoms with Gasteiger partial charge in [-0.15, -0.1) is 11.3 Å². The Morgan fingerprint density at radius 2 is 2.32 bits per heavy atom. The number of hydrogen-bond acceptors (Lipinski definition) is 7. The lowest BCUT2D eigenvalue weighted by Crippen LogP contribution is -2.28. The van der Waals surface area contributed by atoms with Gasteiger partial charge in [-0.05, 0) is 23.6 Å². The molecule has 0 bridgehead atoms. The summed E-state index contributed by atoms with van der Waals surface area (Å²) in [7, 11) is 0. The molecule has 3 atom stereocenters. The third-order valence-corrected chi connectivity index (χ3v) is 4.24. The summed E-state index contributed by atoms with van der Waals surface area (Å²) >= 11 is 1.50. The van der Waals surface area contributed by atoms with Crippen molar-refractivity contribution in [2.75, 3.05) is 12.3 Å². The van der Waals surface area contributed by atoms with E-state index in [0.29, 0.717) is 5.57 Å². The minimum absolute atomic E-state index is 0.113. The molecular formula is C14H15N3O4S. The third kappa shape index (κ3) is 2.69. The fourth-order valence-corrected chi connectivity index (χ4v) is 3.02. The number of nitrogens with two attached hydrogens (primary N) is 1. The number of anilines is 1. The highest BCUT2D eigenvalue weighted by Crippen LogP contribution is 2.35. The molecule has 0 unspecified atom stereocenters. The van der Waals surface area contributed by atoms with Crippen LogP contribution in [0.15, 0.2) is 40.1 Å². The van der Waals surface area contributed by atoms with E-state index in [4.69, 9.17) is 10.5 Å². The fraction of sp³-hybridized carbons (Fsp3) is 0.286. The van der Waals surface area contributed by atoms with Crippen LogP contribution in [0.1, 0.15) is 11.1 Å². The molecule has 0 radical (unpaired) electrons. The predicted octanol–water partition coefficient (Wildman–Crippen LogP) is 0.221. The Hall–Kier alpha value is -2.00. The molecule has 2 aromatic rings. The van der Waals surface area contributed by atoms with Gasteiger partial charge < -0.3 is 20.7 Å². The van der Waals surface area contributed by atoms with E-state index < -0.39 is 24.1 Å². The Kier molecular flexibility index (Phi) is 4.08. The number of hydrogen-bond donors (Lipinski definition) is 3. The van der Waals surface area contributed by atoms with Crippen LogP contribution in [0, 0.1) is 0 Å². The van der Waals surface area contributed by atoms with Gasteiger partial charge in [-0.25, -0.2) is 4.79 Å². The molecule has 1 saturated heterocycles. The molecule has 0 saturated carbocycles. The van der Waals surface area contributed by atoms with Crippen molar-refractivity contribution in [1.29, 1.82) is 0 Å². The molecule has 3 rings (SSSR count). The van der Waals surface area contributed by atoms with Crippen LogP contribution < -0.4 is 11.4 Å². The van der Waals surface area contributed by atoms with Gasteiger partial charge in [0.25, 0.3) is 0 Å². The van der Waals surface area contributed by atoms with Crippen molar-refractivity contribution in [1.82, 2.24) is 9.55 Å². The Bertz CT molecular complexity index is 741. The molecule has 0 aliphatic carbocycles. The fourth-order valence-electron chi connectivity index (χ4n) is 2.35. The van der Waals surface area contributed by atoms with Gasteiger partial charge in [0.2, 0.25) is 0 Å². The maximum Gasteiger partial charge on any atom is 0.351 e. The minimum atomic E-state index is -0.999. The molecule has 4 N–H and O–H groups in total. The lowest BCUT2D eigenvalue weighted by atomic mass is 10.1. The molecule has 2 aromatic heterocycles. The van der Waals surface area contributed by atoms with E-state index in [9.17, 15) is 15.0 Å². The van der Waals surface area contributed by atoms with Crippen molar-refractivity contribution in [2.24, 2.45) is 0 Å². The molecule has 1 aliphatic heterocycles. The highest BCUT2D eigenvalue weighted by Gasteiger charge is 2.39. The monoisotopic (exact) mass is 321 g/mol. The molecular weight excluding hydrogens is 306 g/mol. The molecule has 22 heavy (non-hydrogen) atoms. The van der Waals surface area contributed by atoms with Gasteiger partial charge in [-0.2, -0.15) is 4.98 Å². The zero-order valence-corrected chi connectivity index (χ0v) is 12.3. The Labute approximate surface area is 129 Å². The highest BCUT2D eigenvalue weighted by atomic mass is 32.1. The van der Waals surface area contributed by atoms with Gasteiger partial charge in [-0.1, -0.05) is 6.07 Å². The zero-order valence-electron chi connectivity index (χ0n) is 11.5. The van der Waals surface area contributed by atoms with Crippen LogP contribution in [-0.2, 0) is 4.74 Å². The molecule has 7 nitrogen and oxygen atoms in total. The Morgan fingerprint density at radius 3 is 2.95 bits per heavy atom. The summed E-state index contributed by atoms with van der Waals surface area (Å²) in [6, 6.07) is 5.25. The normalized spacial score (nSPS) is 26.6. The number of nitrogens with zero attached hydrogens (tertiary/aromatic N) is 2. The molecule has 1 fully saturated rings. The number of aromatic nitrogens is 2. The largest absolute Gasteiger partial charge is 0.394 e. The van der Waals surface area contributed by atoms with E-state index in [2.05, 4.69) is 4.98 Å². The van der Waals surface area contributed by atoms with E-state index in [0.717, 1.165) is 4.88 Å². The molecule has 0 amide bonds. The van der Waals surface area contributed by atoms with Gasteiger partial charge in [0, 0.05) is 16.6 Å². The molecule has 0 aromatic carbocycles. The lowest BCUT2D eigenvalue weighted by Gasteiger charge is -2.15. The number of ether oxygens (including phenoxy) is 1. The van der Waals surface area contributed by atoms with Crippen molar-refractivity contribution in [2.45, 2.75) is 18.4 Å². The summed E-state index contributed by atoms with van der Waals surface area (Å²) in [6.45, 7) is -0.351. The quantitative estimate of drug-likeness (QED) is 0.746. The summed E-state index contributed by atoms with van der Waals surface area (Å²) < 4.78 is 6.85. The van der Waals surface area contributed by atoms with Crippen LogP contribution in [0.3, 0.4) is 0 Å².